The molecule has 0 aliphatic carbocycles. The molecule has 0 bridgehead atoms. The lowest BCUT2D eigenvalue weighted by molar-refractivity contribution is 0.415. The van der Waals surface area contributed by atoms with Gasteiger partial charge in [0, 0.05) is 28.9 Å². The fourth-order valence-electron chi connectivity index (χ4n) is 3.35. The lowest BCUT2D eigenvalue weighted by Gasteiger charge is -2.09. The Balaban J connectivity index is 1.33. The Morgan fingerprint density at radius 2 is 1.72 bits per heavy atom. The first kappa shape index (κ1) is 19.6. The van der Waals surface area contributed by atoms with Gasteiger partial charge in [-0.25, -0.2) is 0 Å². The molecule has 0 radical (unpaired) electrons. The Kier molecular flexibility index (Phi) is 5.13. The Bertz CT molecular complexity index is 1380. The van der Waals surface area contributed by atoms with Crippen molar-refractivity contribution in [3.8, 4) is 28.7 Å². The van der Waals surface area contributed by atoms with E-state index in [2.05, 4.69) is 20.5 Å². The summed E-state index contributed by atoms with van der Waals surface area (Å²) in [5.74, 6) is 2.58. The first-order chi connectivity index (χ1) is 15.7. The topological polar surface area (TPSA) is 82.3 Å². The van der Waals surface area contributed by atoms with Crippen LogP contribution < -0.4 is 14.8 Å². The van der Waals surface area contributed by atoms with E-state index in [1.807, 2.05) is 79.7 Å². The number of aryl methyl sites for hydroxylation is 1. The van der Waals surface area contributed by atoms with Crippen molar-refractivity contribution >= 4 is 22.6 Å². The van der Waals surface area contributed by atoms with Crippen molar-refractivity contribution in [2.75, 3.05) is 12.4 Å². The van der Waals surface area contributed by atoms with Crippen molar-refractivity contribution in [3.63, 3.8) is 0 Å². The van der Waals surface area contributed by atoms with Gasteiger partial charge in [-0.1, -0.05) is 17.2 Å². The maximum atomic E-state index is 6.09. The van der Waals surface area contributed by atoms with E-state index in [0.717, 1.165) is 33.5 Å². The predicted molar refractivity (Wildman–Crippen MR) is 123 cm³/mol. The molecule has 0 aliphatic rings. The summed E-state index contributed by atoms with van der Waals surface area (Å²) in [5.41, 5.74) is 3.64. The second kappa shape index (κ2) is 8.39. The third kappa shape index (κ3) is 4.09. The van der Waals surface area contributed by atoms with E-state index in [1.54, 1.807) is 13.3 Å². The van der Waals surface area contributed by atoms with Crippen molar-refractivity contribution in [2.24, 2.45) is 0 Å². The highest BCUT2D eigenvalue weighted by Gasteiger charge is 2.10. The Morgan fingerprint density at radius 3 is 2.53 bits per heavy atom. The maximum absolute atomic E-state index is 6.09. The maximum Gasteiger partial charge on any atom is 0.320 e. The van der Waals surface area contributed by atoms with Crippen LogP contribution in [0.5, 0.6) is 17.2 Å². The zero-order valence-corrected chi connectivity index (χ0v) is 17.6. The molecule has 32 heavy (non-hydrogen) atoms. The second-order valence-electron chi connectivity index (χ2n) is 7.23. The molecule has 2 aromatic heterocycles. The molecule has 1 N–H and O–H groups in total. The van der Waals surface area contributed by atoms with Crippen LogP contribution in [0.2, 0.25) is 0 Å². The minimum absolute atomic E-state index is 0.338. The van der Waals surface area contributed by atoms with E-state index in [9.17, 15) is 0 Å². The number of ether oxygens (including phenoxy) is 2. The van der Waals surface area contributed by atoms with Crippen LogP contribution in [0.15, 0.2) is 83.4 Å². The van der Waals surface area contributed by atoms with Crippen molar-refractivity contribution in [2.45, 2.75) is 6.92 Å². The molecule has 0 unspecified atom stereocenters. The Hall–Kier alpha value is -4.39. The molecule has 2 heterocycles. The minimum atomic E-state index is 0.338. The standard InChI is InChI=1S/C25H20N4O3/c1-16-4-3-5-18(14-16)27-25-29-28-24(32-25)17-6-8-19(9-7-17)31-23-12-13-26-22-15-20(30-2)10-11-21(22)23/h3-15H,1-2H3,(H,27,29). The van der Waals surface area contributed by atoms with E-state index in [-0.39, 0.29) is 0 Å². The number of aromatic nitrogens is 3. The number of nitrogens with one attached hydrogen (secondary N) is 1. The summed E-state index contributed by atoms with van der Waals surface area (Å²) < 4.78 is 17.1. The van der Waals surface area contributed by atoms with Gasteiger partial charge in [-0.15, -0.1) is 5.10 Å². The summed E-state index contributed by atoms with van der Waals surface area (Å²) in [6.45, 7) is 2.03. The molecular formula is C25H20N4O3. The number of anilines is 2. The third-order valence-electron chi connectivity index (χ3n) is 4.93. The van der Waals surface area contributed by atoms with Gasteiger partial charge in [-0.3, -0.25) is 4.98 Å². The molecule has 0 aliphatic heterocycles. The molecular weight excluding hydrogens is 404 g/mol. The highest BCUT2D eigenvalue weighted by atomic mass is 16.5. The fourth-order valence-corrected chi connectivity index (χ4v) is 3.35. The van der Waals surface area contributed by atoms with Gasteiger partial charge in [0.2, 0.25) is 5.89 Å². The molecule has 7 nitrogen and oxygen atoms in total. The van der Waals surface area contributed by atoms with E-state index < -0.39 is 0 Å². The second-order valence-corrected chi connectivity index (χ2v) is 7.23. The Labute approximate surface area is 184 Å². The van der Waals surface area contributed by atoms with Gasteiger partial charge in [0.1, 0.15) is 17.2 Å². The summed E-state index contributed by atoms with van der Waals surface area (Å²) in [6, 6.07) is 23.3. The van der Waals surface area contributed by atoms with Crippen LogP contribution >= 0.6 is 0 Å². The number of methoxy groups -OCH3 is 1. The number of fused-ring (bicyclic) bond motifs is 1. The number of pyridine rings is 1. The van der Waals surface area contributed by atoms with Gasteiger partial charge in [0.25, 0.3) is 0 Å². The molecule has 0 saturated heterocycles. The van der Waals surface area contributed by atoms with Gasteiger partial charge in [0.15, 0.2) is 0 Å². The number of nitrogens with zero attached hydrogens (tertiary/aromatic N) is 3. The number of rotatable bonds is 6. The first-order valence-corrected chi connectivity index (χ1v) is 10.1. The van der Waals surface area contributed by atoms with E-state index in [1.165, 1.54) is 0 Å². The fraction of sp³-hybridized carbons (Fsp3) is 0.0800. The highest BCUT2D eigenvalue weighted by molar-refractivity contribution is 5.86. The zero-order valence-electron chi connectivity index (χ0n) is 17.6. The van der Waals surface area contributed by atoms with Gasteiger partial charge >= 0.3 is 6.01 Å². The van der Waals surface area contributed by atoms with Crippen LogP contribution in [0.3, 0.4) is 0 Å². The molecule has 0 fully saturated rings. The molecule has 0 spiro atoms. The molecule has 5 aromatic rings. The number of hydrogen-bond donors (Lipinski definition) is 1. The number of hydrogen-bond acceptors (Lipinski definition) is 7. The van der Waals surface area contributed by atoms with Gasteiger partial charge in [-0.2, -0.15) is 0 Å². The monoisotopic (exact) mass is 424 g/mol. The van der Waals surface area contributed by atoms with Crippen LogP contribution in [0.4, 0.5) is 11.7 Å². The third-order valence-corrected chi connectivity index (χ3v) is 4.93. The summed E-state index contributed by atoms with van der Waals surface area (Å²) in [4.78, 5) is 4.39. The summed E-state index contributed by atoms with van der Waals surface area (Å²) >= 11 is 0. The van der Waals surface area contributed by atoms with Crippen molar-refractivity contribution in [1.82, 2.24) is 15.2 Å². The average Bonchev–Trinajstić information content (AvgIpc) is 3.28. The quantitative estimate of drug-likeness (QED) is 0.351. The largest absolute Gasteiger partial charge is 0.497 e. The highest BCUT2D eigenvalue weighted by Crippen LogP contribution is 2.32. The first-order valence-electron chi connectivity index (χ1n) is 10.1. The summed E-state index contributed by atoms with van der Waals surface area (Å²) in [7, 11) is 1.63. The van der Waals surface area contributed by atoms with Crippen molar-refractivity contribution < 1.29 is 13.9 Å². The molecule has 0 atom stereocenters. The molecule has 158 valence electrons. The number of benzene rings is 3. The molecule has 7 heteroatoms. The predicted octanol–water partition coefficient (Wildman–Crippen LogP) is 6.14. The van der Waals surface area contributed by atoms with Crippen LogP contribution in [-0.2, 0) is 0 Å². The SMILES string of the molecule is COc1ccc2c(Oc3ccc(-c4nnc(Nc5cccc(C)c5)o4)cc3)ccnc2c1. The lowest BCUT2D eigenvalue weighted by atomic mass is 10.2. The van der Waals surface area contributed by atoms with Crippen LogP contribution in [-0.4, -0.2) is 22.3 Å². The molecule has 0 saturated carbocycles. The average molecular weight is 424 g/mol. The Morgan fingerprint density at radius 1 is 0.875 bits per heavy atom. The van der Waals surface area contributed by atoms with Gasteiger partial charge in [0.05, 0.1) is 12.6 Å². The summed E-state index contributed by atoms with van der Waals surface area (Å²) in [5, 5.41) is 12.2. The van der Waals surface area contributed by atoms with E-state index in [4.69, 9.17) is 13.9 Å². The van der Waals surface area contributed by atoms with Gasteiger partial charge < -0.3 is 19.2 Å². The van der Waals surface area contributed by atoms with E-state index in [0.29, 0.717) is 23.4 Å². The van der Waals surface area contributed by atoms with Crippen LogP contribution in [0, 0.1) is 6.92 Å². The molecule has 3 aromatic carbocycles. The molecule has 0 amide bonds. The summed E-state index contributed by atoms with van der Waals surface area (Å²) in [6.07, 6.45) is 1.71. The lowest BCUT2D eigenvalue weighted by Crippen LogP contribution is -1.90. The van der Waals surface area contributed by atoms with E-state index >= 15 is 0 Å². The molecule has 5 rings (SSSR count). The zero-order chi connectivity index (χ0) is 21.9. The van der Waals surface area contributed by atoms with Crippen molar-refractivity contribution in [1.29, 1.82) is 0 Å². The van der Waals surface area contributed by atoms with Crippen molar-refractivity contribution in [3.05, 3.63) is 84.6 Å². The minimum Gasteiger partial charge on any atom is -0.497 e. The normalized spacial score (nSPS) is 10.8. The van der Waals surface area contributed by atoms with Crippen LogP contribution in [0.1, 0.15) is 5.56 Å². The van der Waals surface area contributed by atoms with Crippen LogP contribution in [0.25, 0.3) is 22.4 Å². The smallest absolute Gasteiger partial charge is 0.320 e. The van der Waals surface area contributed by atoms with Gasteiger partial charge in [-0.05, 0) is 67.1 Å².